The zero-order valence-corrected chi connectivity index (χ0v) is 10.9. The van der Waals surface area contributed by atoms with E-state index in [1.807, 2.05) is 51.1 Å². The maximum absolute atomic E-state index is 12.5. The molecule has 0 aliphatic carbocycles. The molecule has 2 N–H and O–H groups in total. The van der Waals surface area contributed by atoms with Gasteiger partial charge in [0.1, 0.15) is 0 Å². The van der Waals surface area contributed by atoms with Crippen molar-refractivity contribution in [3.63, 3.8) is 0 Å². The number of carbonyl (C=O) groups is 1. The standard InChI is InChI=1S/C16H17NO/c1-10-7-8-13(12(3)9-10)16(18)14-6-4-5-11(2)15(14)17/h4-9H,17H2,1-3H3. The number of aryl methyl sites for hydroxylation is 3. The van der Waals surface area contributed by atoms with Crippen LogP contribution >= 0.6 is 0 Å². The first kappa shape index (κ1) is 12.4. The van der Waals surface area contributed by atoms with Crippen molar-refractivity contribution in [2.75, 3.05) is 5.73 Å². The molecule has 0 unspecified atom stereocenters. The number of anilines is 1. The molecule has 2 aromatic carbocycles. The first-order valence-electron chi connectivity index (χ1n) is 5.97. The van der Waals surface area contributed by atoms with Gasteiger partial charge in [0, 0.05) is 16.8 Å². The number of ketones is 1. The number of nitrogen functional groups attached to an aromatic ring is 1. The van der Waals surface area contributed by atoms with E-state index in [0.717, 1.165) is 22.3 Å². The Kier molecular flexibility index (Phi) is 3.19. The number of hydrogen-bond acceptors (Lipinski definition) is 2. The fraction of sp³-hybridized carbons (Fsp3) is 0.188. The van der Waals surface area contributed by atoms with Crippen molar-refractivity contribution in [1.29, 1.82) is 0 Å². The fourth-order valence-electron chi connectivity index (χ4n) is 2.09. The number of rotatable bonds is 2. The van der Waals surface area contributed by atoms with Gasteiger partial charge in [-0.3, -0.25) is 4.79 Å². The third kappa shape index (κ3) is 2.14. The molecule has 92 valence electrons. The summed E-state index contributed by atoms with van der Waals surface area (Å²) >= 11 is 0. The van der Waals surface area contributed by atoms with Gasteiger partial charge >= 0.3 is 0 Å². The van der Waals surface area contributed by atoms with Crippen LogP contribution in [0, 0.1) is 20.8 Å². The minimum absolute atomic E-state index is 0.00583. The van der Waals surface area contributed by atoms with Gasteiger partial charge in [0.15, 0.2) is 5.78 Å². The van der Waals surface area contributed by atoms with Crippen molar-refractivity contribution in [2.45, 2.75) is 20.8 Å². The molecule has 0 bridgehead atoms. The SMILES string of the molecule is Cc1ccc(C(=O)c2cccc(C)c2N)c(C)c1. The molecule has 18 heavy (non-hydrogen) atoms. The molecule has 0 spiro atoms. The van der Waals surface area contributed by atoms with Gasteiger partial charge in [0.05, 0.1) is 0 Å². The summed E-state index contributed by atoms with van der Waals surface area (Å²) in [7, 11) is 0. The fourth-order valence-corrected chi connectivity index (χ4v) is 2.09. The summed E-state index contributed by atoms with van der Waals surface area (Å²) < 4.78 is 0. The first-order chi connectivity index (χ1) is 8.50. The number of para-hydroxylation sites is 1. The van der Waals surface area contributed by atoms with E-state index >= 15 is 0 Å². The predicted octanol–water partition coefficient (Wildman–Crippen LogP) is 3.43. The molecule has 0 saturated carbocycles. The van der Waals surface area contributed by atoms with Crippen LogP contribution in [0.5, 0.6) is 0 Å². The predicted molar refractivity (Wildman–Crippen MR) is 74.9 cm³/mol. The van der Waals surface area contributed by atoms with Crippen LogP contribution in [0.3, 0.4) is 0 Å². The second kappa shape index (κ2) is 4.65. The van der Waals surface area contributed by atoms with Crippen molar-refractivity contribution in [3.8, 4) is 0 Å². The molecule has 0 amide bonds. The number of nitrogens with two attached hydrogens (primary N) is 1. The zero-order valence-electron chi connectivity index (χ0n) is 10.9. The molecule has 0 heterocycles. The topological polar surface area (TPSA) is 43.1 Å². The van der Waals surface area contributed by atoms with Crippen LogP contribution in [0.25, 0.3) is 0 Å². The molecule has 2 aromatic rings. The molecule has 2 heteroatoms. The highest BCUT2D eigenvalue weighted by molar-refractivity contribution is 6.13. The Labute approximate surface area is 107 Å². The summed E-state index contributed by atoms with van der Waals surface area (Å²) in [6.45, 7) is 5.88. The van der Waals surface area contributed by atoms with E-state index in [2.05, 4.69) is 0 Å². The zero-order chi connectivity index (χ0) is 13.3. The third-order valence-electron chi connectivity index (χ3n) is 3.20. The highest BCUT2D eigenvalue weighted by Gasteiger charge is 2.15. The maximum atomic E-state index is 12.5. The van der Waals surface area contributed by atoms with E-state index in [1.54, 1.807) is 6.07 Å². The van der Waals surface area contributed by atoms with Gasteiger partial charge in [-0.15, -0.1) is 0 Å². The van der Waals surface area contributed by atoms with E-state index in [9.17, 15) is 4.79 Å². The molecule has 0 aromatic heterocycles. The lowest BCUT2D eigenvalue weighted by Crippen LogP contribution is -2.08. The molecule has 2 rings (SSSR count). The first-order valence-corrected chi connectivity index (χ1v) is 5.97. The Morgan fingerprint density at radius 1 is 0.944 bits per heavy atom. The summed E-state index contributed by atoms with van der Waals surface area (Å²) in [6.07, 6.45) is 0. The Morgan fingerprint density at radius 2 is 1.67 bits per heavy atom. The highest BCUT2D eigenvalue weighted by atomic mass is 16.1. The average molecular weight is 239 g/mol. The molecule has 0 radical (unpaired) electrons. The van der Waals surface area contributed by atoms with E-state index in [0.29, 0.717) is 11.3 Å². The van der Waals surface area contributed by atoms with E-state index in [1.165, 1.54) is 0 Å². The summed E-state index contributed by atoms with van der Waals surface area (Å²) in [4.78, 5) is 12.5. The van der Waals surface area contributed by atoms with Gasteiger partial charge in [-0.1, -0.05) is 35.9 Å². The van der Waals surface area contributed by atoms with Crippen LogP contribution in [0.15, 0.2) is 36.4 Å². The summed E-state index contributed by atoms with van der Waals surface area (Å²) in [5.41, 5.74) is 10.9. The average Bonchev–Trinajstić information content (AvgIpc) is 2.32. The molecular weight excluding hydrogens is 222 g/mol. The van der Waals surface area contributed by atoms with Gasteiger partial charge in [0.25, 0.3) is 0 Å². The van der Waals surface area contributed by atoms with Gasteiger partial charge in [-0.2, -0.15) is 0 Å². The summed E-state index contributed by atoms with van der Waals surface area (Å²) in [5, 5.41) is 0. The van der Waals surface area contributed by atoms with Gasteiger partial charge in [-0.25, -0.2) is 0 Å². The van der Waals surface area contributed by atoms with Crippen LogP contribution in [0.2, 0.25) is 0 Å². The van der Waals surface area contributed by atoms with E-state index in [-0.39, 0.29) is 5.78 Å². The van der Waals surface area contributed by atoms with Crippen molar-refractivity contribution < 1.29 is 4.79 Å². The summed E-state index contributed by atoms with van der Waals surface area (Å²) in [5.74, 6) is -0.00583. The van der Waals surface area contributed by atoms with Crippen LogP contribution in [0.1, 0.15) is 32.6 Å². The van der Waals surface area contributed by atoms with Gasteiger partial charge in [0.2, 0.25) is 0 Å². The van der Waals surface area contributed by atoms with Gasteiger partial charge in [-0.05, 0) is 38.0 Å². The largest absolute Gasteiger partial charge is 0.398 e. The van der Waals surface area contributed by atoms with Crippen molar-refractivity contribution in [1.82, 2.24) is 0 Å². The molecular formula is C16H17NO. The smallest absolute Gasteiger partial charge is 0.195 e. The molecule has 0 aliphatic heterocycles. The lowest BCUT2D eigenvalue weighted by Gasteiger charge is -2.09. The second-order valence-corrected chi connectivity index (χ2v) is 4.68. The van der Waals surface area contributed by atoms with Crippen LogP contribution in [-0.2, 0) is 0 Å². The van der Waals surface area contributed by atoms with Crippen molar-refractivity contribution >= 4 is 11.5 Å². The molecule has 0 saturated heterocycles. The number of hydrogen-bond donors (Lipinski definition) is 1. The van der Waals surface area contributed by atoms with Crippen LogP contribution in [0.4, 0.5) is 5.69 Å². The lowest BCUT2D eigenvalue weighted by molar-refractivity contribution is 0.103. The minimum atomic E-state index is -0.00583. The van der Waals surface area contributed by atoms with Gasteiger partial charge < -0.3 is 5.73 Å². The molecule has 0 fully saturated rings. The Balaban J connectivity index is 2.51. The monoisotopic (exact) mass is 239 g/mol. The molecule has 0 aliphatic rings. The Hall–Kier alpha value is -2.09. The molecule has 2 nitrogen and oxygen atoms in total. The lowest BCUT2D eigenvalue weighted by atomic mass is 9.95. The van der Waals surface area contributed by atoms with Crippen molar-refractivity contribution in [3.05, 3.63) is 64.2 Å². The number of carbonyl (C=O) groups excluding carboxylic acids is 1. The van der Waals surface area contributed by atoms with Crippen LogP contribution < -0.4 is 5.73 Å². The minimum Gasteiger partial charge on any atom is -0.398 e. The van der Waals surface area contributed by atoms with Crippen molar-refractivity contribution in [2.24, 2.45) is 0 Å². The quantitative estimate of drug-likeness (QED) is 0.644. The van der Waals surface area contributed by atoms with E-state index in [4.69, 9.17) is 5.73 Å². The Bertz CT molecular complexity index is 614. The highest BCUT2D eigenvalue weighted by Crippen LogP contribution is 2.22. The van der Waals surface area contributed by atoms with E-state index < -0.39 is 0 Å². The number of benzene rings is 2. The Morgan fingerprint density at radius 3 is 2.33 bits per heavy atom. The summed E-state index contributed by atoms with van der Waals surface area (Å²) in [6, 6.07) is 11.4. The maximum Gasteiger partial charge on any atom is 0.195 e. The second-order valence-electron chi connectivity index (χ2n) is 4.68. The third-order valence-corrected chi connectivity index (χ3v) is 3.20. The normalized spacial score (nSPS) is 10.4. The molecule has 0 atom stereocenters. The van der Waals surface area contributed by atoms with Crippen LogP contribution in [-0.4, -0.2) is 5.78 Å².